The van der Waals surface area contributed by atoms with Gasteiger partial charge in [-0.3, -0.25) is 9.48 Å². The van der Waals surface area contributed by atoms with Crippen LogP contribution in [0.2, 0.25) is 0 Å². The van der Waals surface area contributed by atoms with Gasteiger partial charge in [0, 0.05) is 30.9 Å². The molecular weight excluding hydrogens is 368 g/mol. The van der Waals surface area contributed by atoms with E-state index in [2.05, 4.69) is 11.2 Å². The third-order valence-electron chi connectivity index (χ3n) is 5.26. The lowest BCUT2D eigenvalue weighted by Gasteiger charge is -2.23. The molecular formula is C22H20N4OS. The van der Waals surface area contributed by atoms with Crippen LogP contribution in [0.1, 0.15) is 34.2 Å². The SMILES string of the molecule is Cn1cc(-c2cccc(C(=O)N3CCCC3c3nc4ccccc4s3)c2)cn1. The normalized spacial score (nSPS) is 16.8. The first kappa shape index (κ1) is 17.1. The molecule has 1 fully saturated rings. The van der Waals surface area contributed by atoms with Crippen LogP contribution in [0.5, 0.6) is 0 Å². The minimum Gasteiger partial charge on any atom is -0.329 e. The summed E-state index contributed by atoms with van der Waals surface area (Å²) in [5, 5.41) is 5.27. The zero-order chi connectivity index (χ0) is 19.1. The van der Waals surface area contributed by atoms with Crippen LogP contribution in [0.3, 0.4) is 0 Å². The van der Waals surface area contributed by atoms with Crippen molar-refractivity contribution in [2.24, 2.45) is 7.05 Å². The fourth-order valence-corrected chi connectivity index (χ4v) is 4.98. The molecule has 4 aromatic rings. The van der Waals surface area contributed by atoms with Gasteiger partial charge in [-0.25, -0.2) is 4.98 Å². The van der Waals surface area contributed by atoms with Gasteiger partial charge in [0.25, 0.3) is 5.91 Å². The maximum absolute atomic E-state index is 13.3. The average Bonchev–Trinajstić information content (AvgIpc) is 3.45. The van der Waals surface area contributed by atoms with Gasteiger partial charge in [0.15, 0.2) is 0 Å². The Balaban J connectivity index is 1.45. The molecule has 1 atom stereocenters. The minimum absolute atomic E-state index is 0.0620. The lowest BCUT2D eigenvalue weighted by atomic mass is 10.1. The Morgan fingerprint density at radius 1 is 1.14 bits per heavy atom. The van der Waals surface area contributed by atoms with E-state index < -0.39 is 0 Å². The molecule has 5 nitrogen and oxygen atoms in total. The summed E-state index contributed by atoms with van der Waals surface area (Å²) in [7, 11) is 1.89. The molecule has 5 rings (SSSR count). The van der Waals surface area contributed by atoms with Gasteiger partial charge in [0.1, 0.15) is 5.01 Å². The van der Waals surface area contributed by atoms with E-state index in [1.54, 1.807) is 16.0 Å². The number of para-hydroxylation sites is 1. The van der Waals surface area contributed by atoms with Crippen LogP contribution in [0.25, 0.3) is 21.3 Å². The highest BCUT2D eigenvalue weighted by molar-refractivity contribution is 7.18. The zero-order valence-corrected chi connectivity index (χ0v) is 16.4. The first-order chi connectivity index (χ1) is 13.7. The number of aromatic nitrogens is 3. The Bertz CT molecular complexity index is 1130. The molecule has 1 aliphatic rings. The van der Waals surface area contributed by atoms with Gasteiger partial charge >= 0.3 is 0 Å². The van der Waals surface area contributed by atoms with E-state index in [9.17, 15) is 4.79 Å². The number of hydrogen-bond donors (Lipinski definition) is 0. The highest BCUT2D eigenvalue weighted by Crippen LogP contribution is 2.37. The molecule has 1 aliphatic heterocycles. The van der Waals surface area contributed by atoms with E-state index in [1.807, 2.05) is 66.8 Å². The number of thiazole rings is 1. The van der Waals surface area contributed by atoms with Crippen LogP contribution < -0.4 is 0 Å². The first-order valence-corrected chi connectivity index (χ1v) is 10.3. The van der Waals surface area contributed by atoms with Crippen molar-refractivity contribution in [1.82, 2.24) is 19.7 Å². The monoisotopic (exact) mass is 388 g/mol. The van der Waals surface area contributed by atoms with E-state index in [4.69, 9.17) is 4.98 Å². The number of carbonyl (C=O) groups is 1. The minimum atomic E-state index is 0.0620. The smallest absolute Gasteiger partial charge is 0.254 e. The standard InChI is InChI=1S/C22H20N4OS/c1-25-14-17(13-23-25)15-6-4-7-16(12-15)22(27)26-11-5-9-19(26)21-24-18-8-2-3-10-20(18)28-21/h2-4,6-8,10,12-14,19H,5,9,11H2,1H3. The quantitative estimate of drug-likeness (QED) is 0.512. The average molecular weight is 388 g/mol. The second-order valence-electron chi connectivity index (χ2n) is 7.16. The highest BCUT2D eigenvalue weighted by Gasteiger charge is 2.32. The maximum Gasteiger partial charge on any atom is 0.254 e. The lowest BCUT2D eigenvalue weighted by Crippen LogP contribution is -2.30. The van der Waals surface area contributed by atoms with Crippen molar-refractivity contribution < 1.29 is 4.79 Å². The van der Waals surface area contributed by atoms with E-state index in [1.165, 1.54) is 4.70 Å². The number of rotatable bonds is 3. The molecule has 28 heavy (non-hydrogen) atoms. The zero-order valence-electron chi connectivity index (χ0n) is 15.6. The Morgan fingerprint density at radius 2 is 2.04 bits per heavy atom. The molecule has 1 unspecified atom stereocenters. The number of carbonyl (C=O) groups excluding carboxylic acids is 1. The third kappa shape index (κ3) is 2.99. The van der Waals surface area contributed by atoms with E-state index >= 15 is 0 Å². The molecule has 0 spiro atoms. The predicted octanol–water partition coefficient (Wildman–Crippen LogP) is 4.67. The molecule has 0 saturated carbocycles. The summed E-state index contributed by atoms with van der Waals surface area (Å²) in [5.41, 5.74) is 3.76. The Labute approximate surface area is 167 Å². The van der Waals surface area contributed by atoms with Gasteiger partial charge in [-0.05, 0) is 42.7 Å². The summed E-state index contributed by atoms with van der Waals surface area (Å²) in [5.74, 6) is 0.0764. The molecule has 2 aromatic heterocycles. The van der Waals surface area contributed by atoms with Crippen LogP contribution in [-0.4, -0.2) is 32.1 Å². The highest BCUT2D eigenvalue weighted by atomic mass is 32.1. The largest absolute Gasteiger partial charge is 0.329 e. The van der Waals surface area contributed by atoms with Crippen LogP contribution >= 0.6 is 11.3 Å². The third-order valence-corrected chi connectivity index (χ3v) is 6.39. The summed E-state index contributed by atoms with van der Waals surface area (Å²) < 4.78 is 2.95. The summed E-state index contributed by atoms with van der Waals surface area (Å²) in [6.07, 6.45) is 5.76. The van der Waals surface area contributed by atoms with Crippen molar-refractivity contribution in [3.8, 4) is 11.1 Å². The van der Waals surface area contributed by atoms with Crippen molar-refractivity contribution in [2.75, 3.05) is 6.54 Å². The lowest BCUT2D eigenvalue weighted by molar-refractivity contribution is 0.0735. The number of fused-ring (bicyclic) bond motifs is 1. The Morgan fingerprint density at radius 3 is 2.86 bits per heavy atom. The molecule has 6 heteroatoms. The van der Waals surface area contributed by atoms with Crippen LogP contribution in [0.15, 0.2) is 60.9 Å². The number of nitrogens with zero attached hydrogens (tertiary/aromatic N) is 4. The second-order valence-corrected chi connectivity index (χ2v) is 8.22. The van der Waals surface area contributed by atoms with E-state index in [0.717, 1.165) is 46.6 Å². The van der Waals surface area contributed by atoms with E-state index in [0.29, 0.717) is 0 Å². The summed E-state index contributed by atoms with van der Waals surface area (Å²) in [6.45, 7) is 0.774. The molecule has 0 N–H and O–H groups in total. The molecule has 2 aromatic carbocycles. The number of benzene rings is 2. The molecule has 0 bridgehead atoms. The summed E-state index contributed by atoms with van der Waals surface area (Å²) in [6, 6.07) is 16.1. The molecule has 1 saturated heterocycles. The number of likely N-dealkylation sites (tertiary alicyclic amines) is 1. The van der Waals surface area contributed by atoms with Crippen molar-refractivity contribution in [3.05, 3.63) is 71.5 Å². The number of amides is 1. The number of hydrogen-bond acceptors (Lipinski definition) is 4. The van der Waals surface area contributed by atoms with Crippen LogP contribution in [0, 0.1) is 0 Å². The second kappa shape index (κ2) is 6.87. The van der Waals surface area contributed by atoms with Gasteiger partial charge in [-0.2, -0.15) is 5.10 Å². The van der Waals surface area contributed by atoms with Gasteiger partial charge in [-0.1, -0.05) is 24.3 Å². The van der Waals surface area contributed by atoms with Crippen molar-refractivity contribution >= 4 is 27.5 Å². The molecule has 0 radical (unpaired) electrons. The predicted molar refractivity (Wildman–Crippen MR) is 111 cm³/mol. The molecule has 3 heterocycles. The van der Waals surface area contributed by atoms with Crippen molar-refractivity contribution in [1.29, 1.82) is 0 Å². The maximum atomic E-state index is 13.3. The summed E-state index contributed by atoms with van der Waals surface area (Å²) in [4.78, 5) is 20.1. The Kier molecular flexibility index (Phi) is 4.20. The fraction of sp³-hybridized carbons (Fsp3) is 0.227. The summed E-state index contributed by atoms with van der Waals surface area (Å²) >= 11 is 1.70. The van der Waals surface area contributed by atoms with Crippen molar-refractivity contribution in [2.45, 2.75) is 18.9 Å². The van der Waals surface area contributed by atoms with Crippen molar-refractivity contribution in [3.63, 3.8) is 0 Å². The topological polar surface area (TPSA) is 51.0 Å². The van der Waals surface area contributed by atoms with Gasteiger partial charge in [-0.15, -0.1) is 11.3 Å². The molecule has 140 valence electrons. The first-order valence-electron chi connectivity index (χ1n) is 9.44. The van der Waals surface area contributed by atoms with Crippen LogP contribution in [-0.2, 0) is 7.05 Å². The molecule has 0 aliphatic carbocycles. The van der Waals surface area contributed by atoms with Crippen LogP contribution in [0.4, 0.5) is 0 Å². The van der Waals surface area contributed by atoms with Gasteiger partial charge < -0.3 is 4.90 Å². The molecule has 1 amide bonds. The van der Waals surface area contributed by atoms with E-state index in [-0.39, 0.29) is 11.9 Å². The van der Waals surface area contributed by atoms with Gasteiger partial charge in [0.05, 0.1) is 22.5 Å². The fourth-order valence-electron chi connectivity index (χ4n) is 3.87. The Hall–Kier alpha value is -2.99. The number of aryl methyl sites for hydroxylation is 1. The van der Waals surface area contributed by atoms with Gasteiger partial charge in [0.2, 0.25) is 0 Å².